The van der Waals surface area contributed by atoms with Crippen LogP contribution in [0.1, 0.15) is 32.3 Å². The highest BCUT2D eigenvalue weighted by molar-refractivity contribution is 14.0. The van der Waals surface area contributed by atoms with E-state index >= 15 is 0 Å². The highest BCUT2D eigenvalue weighted by Crippen LogP contribution is 2.34. The maximum absolute atomic E-state index is 5.60. The van der Waals surface area contributed by atoms with Crippen molar-refractivity contribution in [2.24, 2.45) is 10.9 Å². The predicted molar refractivity (Wildman–Crippen MR) is 115 cm³/mol. The minimum atomic E-state index is 0. The zero-order valence-corrected chi connectivity index (χ0v) is 18.7. The Hall–Kier alpha value is -0.340. The third kappa shape index (κ3) is 6.19. The summed E-state index contributed by atoms with van der Waals surface area (Å²) in [5, 5.41) is 6.91. The average molecular weight is 510 g/mol. The van der Waals surface area contributed by atoms with Gasteiger partial charge in [0, 0.05) is 43.2 Å². The smallest absolute Gasteiger partial charge is 0.191 e. The molecule has 0 bridgehead atoms. The van der Waals surface area contributed by atoms with Gasteiger partial charge < -0.3 is 15.4 Å². The maximum Gasteiger partial charge on any atom is 0.191 e. The van der Waals surface area contributed by atoms with Crippen LogP contribution in [0.3, 0.4) is 0 Å². The van der Waals surface area contributed by atoms with E-state index in [0.717, 1.165) is 49.6 Å². The lowest BCUT2D eigenvalue weighted by atomic mass is 9.74. The van der Waals surface area contributed by atoms with Gasteiger partial charge in [-0.25, -0.2) is 0 Å². The highest BCUT2D eigenvalue weighted by Gasteiger charge is 2.34. The van der Waals surface area contributed by atoms with E-state index in [9.17, 15) is 0 Å². The second-order valence-electron chi connectivity index (χ2n) is 6.60. The molecule has 1 aromatic rings. The van der Waals surface area contributed by atoms with Crippen LogP contribution in [0.15, 0.2) is 33.7 Å². The number of hydrogen-bond donors (Lipinski definition) is 2. The molecule has 0 atom stereocenters. The molecule has 1 fully saturated rings. The Labute approximate surface area is 171 Å². The number of aliphatic imine (C=N–C) groups is 1. The molecule has 1 aliphatic heterocycles. The minimum Gasteiger partial charge on any atom is -0.381 e. The Morgan fingerprint density at radius 3 is 2.38 bits per heavy atom. The monoisotopic (exact) mass is 509 g/mol. The van der Waals surface area contributed by atoms with Crippen LogP contribution >= 0.6 is 39.9 Å². The van der Waals surface area contributed by atoms with Gasteiger partial charge in [-0.15, -0.1) is 24.0 Å². The molecule has 1 aliphatic rings. The predicted octanol–water partition coefficient (Wildman–Crippen LogP) is 3.94. The summed E-state index contributed by atoms with van der Waals surface area (Å²) in [5.41, 5.74) is 1.48. The van der Waals surface area contributed by atoms with Crippen molar-refractivity contribution in [3.63, 3.8) is 0 Å². The second kappa shape index (κ2) is 10.6. The van der Waals surface area contributed by atoms with Crippen molar-refractivity contribution < 1.29 is 4.74 Å². The lowest BCUT2D eigenvalue weighted by Gasteiger charge is -2.38. The summed E-state index contributed by atoms with van der Waals surface area (Å²) in [6.45, 7) is 7.82. The molecule has 0 saturated carbocycles. The molecule has 2 N–H and O–H groups in total. The summed E-state index contributed by atoms with van der Waals surface area (Å²) in [6, 6.07) is 8.69. The van der Waals surface area contributed by atoms with Crippen LogP contribution in [-0.2, 0) is 10.2 Å². The van der Waals surface area contributed by atoms with Crippen LogP contribution < -0.4 is 10.6 Å². The van der Waals surface area contributed by atoms with E-state index in [1.54, 1.807) is 0 Å². The third-order valence-electron chi connectivity index (χ3n) is 4.40. The molecule has 24 heavy (non-hydrogen) atoms. The highest BCUT2D eigenvalue weighted by atomic mass is 127. The number of nitrogens with zero attached hydrogens (tertiary/aromatic N) is 1. The minimum absolute atomic E-state index is 0. The van der Waals surface area contributed by atoms with Gasteiger partial charge in [-0.05, 0) is 36.5 Å². The zero-order valence-electron chi connectivity index (χ0n) is 14.8. The molecule has 0 aromatic heterocycles. The van der Waals surface area contributed by atoms with Crippen molar-refractivity contribution in [3.05, 3.63) is 34.3 Å². The SMILES string of the molecule is CN=C(NCC(C)C)NCC1(c2ccc(Br)cc2)CCOCC1.I. The van der Waals surface area contributed by atoms with Crippen LogP contribution in [-0.4, -0.2) is 39.3 Å². The second-order valence-corrected chi connectivity index (χ2v) is 7.52. The molecule has 0 aliphatic carbocycles. The Bertz CT molecular complexity index is 514. The molecule has 0 radical (unpaired) electrons. The van der Waals surface area contributed by atoms with Crippen LogP contribution in [0.25, 0.3) is 0 Å². The first-order valence-electron chi connectivity index (χ1n) is 8.34. The third-order valence-corrected chi connectivity index (χ3v) is 4.93. The van der Waals surface area contributed by atoms with Crippen molar-refractivity contribution in [2.45, 2.75) is 32.1 Å². The van der Waals surface area contributed by atoms with Gasteiger partial charge >= 0.3 is 0 Å². The number of ether oxygens (including phenoxy) is 1. The van der Waals surface area contributed by atoms with Gasteiger partial charge in [-0.3, -0.25) is 4.99 Å². The van der Waals surface area contributed by atoms with Crippen molar-refractivity contribution in [2.75, 3.05) is 33.4 Å². The van der Waals surface area contributed by atoms with Gasteiger partial charge in [-0.2, -0.15) is 0 Å². The summed E-state index contributed by atoms with van der Waals surface area (Å²) in [5.74, 6) is 1.47. The summed E-state index contributed by atoms with van der Waals surface area (Å²) < 4.78 is 6.72. The van der Waals surface area contributed by atoms with E-state index in [1.807, 2.05) is 7.05 Å². The number of halogens is 2. The molecule has 1 saturated heterocycles. The van der Waals surface area contributed by atoms with Gasteiger partial charge in [0.05, 0.1) is 0 Å². The van der Waals surface area contributed by atoms with E-state index in [2.05, 4.69) is 69.7 Å². The van der Waals surface area contributed by atoms with Gasteiger partial charge in [-0.1, -0.05) is 41.9 Å². The zero-order chi connectivity index (χ0) is 16.7. The molecule has 2 rings (SSSR count). The molecule has 0 spiro atoms. The number of hydrogen-bond acceptors (Lipinski definition) is 2. The van der Waals surface area contributed by atoms with Crippen LogP contribution in [0.2, 0.25) is 0 Å². The van der Waals surface area contributed by atoms with Gasteiger partial charge in [0.1, 0.15) is 0 Å². The summed E-state index contributed by atoms with van der Waals surface area (Å²) in [6.07, 6.45) is 2.06. The summed E-state index contributed by atoms with van der Waals surface area (Å²) in [4.78, 5) is 4.34. The largest absolute Gasteiger partial charge is 0.381 e. The molecule has 0 unspecified atom stereocenters. The van der Waals surface area contributed by atoms with E-state index in [0.29, 0.717) is 5.92 Å². The summed E-state index contributed by atoms with van der Waals surface area (Å²) in [7, 11) is 1.83. The fourth-order valence-corrected chi connectivity index (χ4v) is 3.17. The lowest BCUT2D eigenvalue weighted by molar-refractivity contribution is 0.0514. The molecular formula is C18H29BrIN3O. The average Bonchev–Trinajstić information content (AvgIpc) is 2.56. The van der Waals surface area contributed by atoms with Crippen molar-refractivity contribution >= 4 is 45.9 Å². The van der Waals surface area contributed by atoms with E-state index < -0.39 is 0 Å². The fourth-order valence-electron chi connectivity index (χ4n) is 2.91. The molecule has 136 valence electrons. The first-order chi connectivity index (χ1) is 11.1. The van der Waals surface area contributed by atoms with Gasteiger partial charge in [0.15, 0.2) is 5.96 Å². The standard InChI is InChI=1S/C18H28BrN3O.HI/c1-14(2)12-21-17(20-3)22-13-18(8-10-23-11-9-18)15-4-6-16(19)7-5-15;/h4-7,14H,8-13H2,1-3H3,(H2,20,21,22);1H. The van der Waals surface area contributed by atoms with Crippen molar-refractivity contribution in [1.82, 2.24) is 10.6 Å². The van der Waals surface area contributed by atoms with Crippen LogP contribution in [0.4, 0.5) is 0 Å². The number of benzene rings is 1. The number of rotatable bonds is 5. The molecule has 6 heteroatoms. The Morgan fingerprint density at radius 1 is 1.21 bits per heavy atom. The Balaban J connectivity index is 0.00000288. The molecule has 1 aromatic carbocycles. The van der Waals surface area contributed by atoms with Gasteiger partial charge in [0.2, 0.25) is 0 Å². The van der Waals surface area contributed by atoms with E-state index in [1.165, 1.54) is 5.56 Å². The first kappa shape index (κ1) is 21.7. The van der Waals surface area contributed by atoms with E-state index in [4.69, 9.17) is 4.74 Å². The quantitative estimate of drug-likeness (QED) is 0.359. The molecular weight excluding hydrogens is 481 g/mol. The number of guanidine groups is 1. The van der Waals surface area contributed by atoms with Crippen molar-refractivity contribution in [3.8, 4) is 0 Å². The van der Waals surface area contributed by atoms with Gasteiger partial charge in [0.25, 0.3) is 0 Å². The Morgan fingerprint density at radius 2 is 1.83 bits per heavy atom. The normalized spacial score (nSPS) is 17.3. The number of nitrogens with one attached hydrogen (secondary N) is 2. The fraction of sp³-hybridized carbons (Fsp3) is 0.611. The van der Waals surface area contributed by atoms with E-state index in [-0.39, 0.29) is 29.4 Å². The van der Waals surface area contributed by atoms with Crippen LogP contribution in [0, 0.1) is 5.92 Å². The maximum atomic E-state index is 5.60. The topological polar surface area (TPSA) is 45.7 Å². The Kier molecular flexibility index (Phi) is 9.59. The first-order valence-corrected chi connectivity index (χ1v) is 9.13. The molecule has 4 nitrogen and oxygen atoms in total. The molecule has 1 heterocycles. The van der Waals surface area contributed by atoms with Crippen molar-refractivity contribution in [1.29, 1.82) is 0 Å². The van der Waals surface area contributed by atoms with Crippen LogP contribution in [0.5, 0.6) is 0 Å². The molecule has 0 amide bonds. The summed E-state index contributed by atoms with van der Waals surface area (Å²) >= 11 is 3.53. The lowest BCUT2D eigenvalue weighted by Crippen LogP contribution is -2.48.